The first-order valence-corrected chi connectivity index (χ1v) is 4.53. The van der Waals surface area contributed by atoms with E-state index in [0.29, 0.717) is 12.8 Å². The maximum Gasteiger partial charge on any atom is 0.328 e. The van der Waals surface area contributed by atoms with E-state index in [-0.39, 0.29) is 18.7 Å². The van der Waals surface area contributed by atoms with E-state index in [2.05, 4.69) is 0 Å². The molecule has 0 radical (unpaired) electrons. The lowest BCUT2D eigenvalue weighted by molar-refractivity contribution is -0.153. The third-order valence-corrected chi connectivity index (χ3v) is 2.67. The van der Waals surface area contributed by atoms with Crippen molar-refractivity contribution in [1.82, 2.24) is 4.90 Å². The van der Waals surface area contributed by atoms with Gasteiger partial charge in [0, 0.05) is 0 Å². The van der Waals surface area contributed by atoms with Gasteiger partial charge in [0.2, 0.25) is 5.91 Å². The van der Waals surface area contributed by atoms with Crippen molar-refractivity contribution in [1.29, 1.82) is 0 Å². The molecule has 2 fully saturated rings. The van der Waals surface area contributed by atoms with Gasteiger partial charge in [-0.05, 0) is 12.8 Å². The van der Waals surface area contributed by atoms with Crippen molar-refractivity contribution < 1.29 is 19.4 Å². The molecule has 6 nitrogen and oxygen atoms in total. The summed E-state index contributed by atoms with van der Waals surface area (Å²) in [6.07, 6.45) is 0.798. The van der Waals surface area contributed by atoms with E-state index >= 15 is 0 Å². The summed E-state index contributed by atoms with van der Waals surface area (Å²) in [6.45, 7) is 0.0679. The van der Waals surface area contributed by atoms with Crippen molar-refractivity contribution in [3.8, 4) is 0 Å². The Morgan fingerprint density at radius 2 is 2.29 bits per heavy atom. The zero-order chi connectivity index (χ0) is 10.3. The number of ether oxygens (including phenoxy) is 1. The van der Waals surface area contributed by atoms with Crippen molar-refractivity contribution in [2.45, 2.75) is 31.2 Å². The maximum absolute atomic E-state index is 11.6. The van der Waals surface area contributed by atoms with Crippen molar-refractivity contribution in [3.63, 3.8) is 0 Å². The van der Waals surface area contributed by atoms with Crippen LogP contribution >= 0.6 is 0 Å². The minimum atomic E-state index is -1.03. The fourth-order valence-corrected chi connectivity index (χ4v) is 1.91. The molecule has 2 rings (SSSR count). The molecule has 0 bridgehead atoms. The second kappa shape index (κ2) is 3.21. The lowest BCUT2D eigenvalue weighted by Gasteiger charge is -2.33. The van der Waals surface area contributed by atoms with Crippen molar-refractivity contribution in [3.05, 3.63) is 0 Å². The number of fused-ring (bicyclic) bond motifs is 1. The van der Waals surface area contributed by atoms with E-state index in [4.69, 9.17) is 15.6 Å². The second-order valence-electron chi connectivity index (χ2n) is 3.57. The van der Waals surface area contributed by atoms with Gasteiger partial charge in [0.25, 0.3) is 0 Å². The van der Waals surface area contributed by atoms with E-state index in [9.17, 15) is 9.59 Å². The predicted octanol–water partition coefficient (Wildman–Crippen LogP) is -1.25. The number of carboxylic acids is 1. The largest absolute Gasteiger partial charge is 0.480 e. The molecule has 0 saturated carbocycles. The van der Waals surface area contributed by atoms with E-state index < -0.39 is 18.1 Å². The first kappa shape index (κ1) is 9.42. The molecule has 6 heteroatoms. The van der Waals surface area contributed by atoms with Gasteiger partial charge in [-0.3, -0.25) is 9.69 Å². The number of hydrogen-bond acceptors (Lipinski definition) is 4. The van der Waals surface area contributed by atoms with Crippen LogP contribution in [0.1, 0.15) is 12.8 Å². The summed E-state index contributed by atoms with van der Waals surface area (Å²) in [4.78, 5) is 23.6. The summed E-state index contributed by atoms with van der Waals surface area (Å²) in [5.74, 6) is -1.35. The van der Waals surface area contributed by atoms with Crippen LogP contribution < -0.4 is 5.73 Å². The van der Waals surface area contributed by atoms with Gasteiger partial charge in [-0.25, -0.2) is 4.79 Å². The monoisotopic (exact) mass is 200 g/mol. The number of aliphatic carboxylic acids is 1. The Balaban J connectivity index is 2.20. The first-order valence-electron chi connectivity index (χ1n) is 4.53. The van der Waals surface area contributed by atoms with Crippen molar-refractivity contribution in [2.75, 3.05) is 6.61 Å². The molecule has 1 amide bonds. The maximum atomic E-state index is 11.6. The third kappa shape index (κ3) is 1.27. The molecule has 0 aliphatic carbocycles. The van der Waals surface area contributed by atoms with Gasteiger partial charge in [0.05, 0.1) is 12.6 Å². The van der Waals surface area contributed by atoms with Crippen LogP contribution in [0.5, 0.6) is 0 Å². The Bertz CT molecular complexity index is 281. The van der Waals surface area contributed by atoms with Crippen LogP contribution in [0.3, 0.4) is 0 Å². The molecule has 2 aliphatic heterocycles. The SMILES string of the molecule is N[C@H]1CC[C@H]2OC[C@@H](C(=O)O)N2C1=O. The Morgan fingerprint density at radius 3 is 2.93 bits per heavy atom. The number of piperidine rings is 1. The Hall–Kier alpha value is -1.14. The number of carbonyl (C=O) groups is 2. The van der Waals surface area contributed by atoms with Crippen LogP contribution in [0.4, 0.5) is 0 Å². The van der Waals surface area contributed by atoms with Crippen LogP contribution in [0, 0.1) is 0 Å². The van der Waals surface area contributed by atoms with Crippen molar-refractivity contribution >= 4 is 11.9 Å². The normalized spacial score (nSPS) is 37.1. The number of rotatable bonds is 1. The van der Waals surface area contributed by atoms with E-state index in [1.807, 2.05) is 0 Å². The first-order chi connectivity index (χ1) is 6.61. The summed E-state index contributed by atoms with van der Waals surface area (Å²) in [6, 6.07) is -1.44. The average molecular weight is 200 g/mol. The number of amides is 1. The lowest BCUT2D eigenvalue weighted by atomic mass is 10.0. The summed E-state index contributed by atoms with van der Waals surface area (Å²) in [5.41, 5.74) is 5.56. The van der Waals surface area contributed by atoms with E-state index in [0.717, 1.165) is 0 Å². The van der Waals surface area contributed by atoms with Gasteiger partial charge in [-0.15, -0.1) is 0 Å². The Labute approximate surface area is 80.6 Å². The lowest BCUT2D eigenvalue weighted by Crippen LogP contribution is -2.55. The number of carboxylic acid groups (broad SMARTS) is 1. The number of nitrogens with zero attached hydrogens (tertiary/aromatic N) is 1. The highest BCUT2D eigenvalue weighted by molar-refractivity contribution is 5.88. The molecule has 0 spiro atoms. The fourth-order valence-electron chi connectivity index (χ4n) is 1.91. The molecule has 78 valence electrons. The fraction of sp³-hybridized carbons (Fsp3) is 0.750. The molecular formula is C8H12N2O4. The minimum absolute atomic E-state index is 0.0679. The van der Waals surface area contributed by atoms with Gasteiger partial charge in [0.15, 0.2) is 6.04 Å². The topological polar surface area (TPSA) is 92.9 Å². The minimum Gasteiger partial charge on any atom is -0.480 e. The molecule has 0 aromatic carbocycles. The third-order valence-electron chi connectivity index (χ3n) is 2.67. The van der Waals surface area contributed by atoms with Crippen LogP contribution in [-0.4, -0.2) is 46.8 Å². The molecule has 0 unspecified atom stereocenters. The molecule has 14 heavy (non-hydrogen) atoms. The molecule has 2 saturated heterocycles. The van der Waals surface area contributed by atoms with Gasteiger partial charge < -0.3 is 15.6 Å². The molecule has 2 heterocycles. The van der Waals surface area contributed by atoms with Crippen LogP contribution in [-0.2, 0) is 14.3 Å². The zero-order valence-electron chi connectivity index (χ0n) is 7.55. The Kier molecular flexibility index (Phi) is 2.16. The summed E-state index contributed by atoms with van der Waals surface area (Å²) in [5, 5.41) is 8.84. The molecule has 0 aromatic heterocycles. The highest BCUT2D eigenvalue weighted by Crippen LogP contribution is 2.26. The quantitative estimate of drug-likeness (QED) is 0.551. The summed E-state index contributed by atoms with van der Waals surface area (Å²) < 4.78 is 5.22. The highest BCUT2D eigenvalue weighted by atomic mass is 16.5. The van der Waals surface area contributed by atoms with Crippen LogP contribution in [0.15, 0.2) is 0 Å². The molecular weight excluding hydrogens is 188 g/mol. The summed E-state index contributed by atoms with van der Waals surface area (Å²) >= 11 is 0. The van der Waals surface area contributed by atoms with Crippen LogP contribution in [0.25, 0.3) is 0 Å². The second-order valence-corrected chi connectivity index (χ2v) is 3.57. The van der Waals surface area contributed by atoms with Crippen LogP contribution in [0.2, 0.25) is 0 Å². The van der Waals surface area contributed by atoms with E-state index in [1.54, 1.807) is 0 Å². The predicted molar refractivity (Wildman–Crippen MR) is 45.2 cm³/mol. The van der Waals surface area contributed by atoms with Gasteiger partial charge in [-0.2, -0.15) is 0 Å². The van der Waals surface area contributed by atoms with Gasteiger partial charge in [-0.1, -0.05) is 0 Å². The zero-order valence-corrected chi connectivity index (χ0v) is 7.55. The van der Waals surface area contributed by atoms with Crippen molar-refractivity contribution in [2.24, 2.45) is 5.73 Å². The smallest absolute Gasteiger partial charge is 0.328 e. The van der Waals surface area contributed by atoms with Gasteiger partial charge in [0.1, 0.15) is 6.23 Å². The standard InChI is InChI=1S/C8H12N2O4/c9-4-1-2-6-10(7(4)11)5(3-14-6)8(12)13/h4-6H,1-3,9H2,(H,12,13)/t4-,5-,6+/m0/s1. The highest BCUT2D eigenvalue weighted by Gasteiger charge is 2.46. The average Bonchev–Trinajstić information content (AvgIpc) is 2.55. The molecule has 0 aromatic rings. The Morgan fingerprint density at radius 1 is 1.57 bits per heavy atom. The molecule has 3 N–H and O–H groups in total. The number of nitrogens with two attached hydrogens (primary N) is 1. The van der Waals surface area contributed by atoms with E-state index in [1.165, 1.54) is 4.90 Å². The molecule has 2 aliphatic rings. The number of hydrogen-bond donors (Lipinski definition) is 2. The summed E-state index contributed by atoms with van der Waals surface area (Å²) in [7, 11) is 0. The molecule has 3 atom stereocenters. The van der Waals surface area contributed by atoms with Gasteiger partial charge >= 0.3 is 5.97 Å². The number of carbonyl (C=O) groups excluding carboxylic acids is 1.